The Labute approximate surface area is 194 Å². The van der Waals surface area contributed by atoms with Crippen LogP contribution in [-0.4, -0.2) is 58.6 Å². The number of rotatable bonds is 9. The van der Waals surface area contributed by atoms with Crippen LogP contribution in [-0.2, 0) is 17.8 Å². The normalized spacial score (nSPS) is 14.6. The zero-order valence-electron chi connectivity index (χ0n) is 19.7. The number of hydrogen-bond donors (Lipinski definition) is 1. The Balaban J connectivity index is 1.67. The molecule has 1 aliphatic heterocycles. The Bertz CT molecular complexity index is 1070. The average molecular weight is 453 g/mol. The maximum absolute atomic E-state index is 9.50. The van der Waals surface area contributed by atoms with Crippen molar-refractivity contribution >= 4 is 11.5 Å². The van der Waals surface area contributed by atoms with Gasteiger partial charge in [-0.2, -0.15) is 0 Å². The topological polar surface area (TPSA) is 101 Å². The molecule has 33 heavy (non-hydrogen) atoms. The van der Waals surface area contributed by atoms with Crippen molar-refractivity contribution in [2.45, 2.75) is 39.8 Å². The minimum Gasteiger partial charge on any atom is -0.423 e. The van der Waals surface area contributed by atoms with E-state index in [4.69, 9.17) is 14.1 Å². The fourth-order valence-corrected chi connectivity index (χ4v) is 4.03. The van der Waals surface area contributed by atoms with Gasteiger partial charge in [0.05, 0.1) is 25.1 Å². The maximum atomic E-state index is 9.50. The Morgan fingerprint density at radius 2 is 2.03 bits per heavy atom. The number of aliphatic hydroxyl groups is 1. The van der Waals surface area contributed by atoms with Crippen molar-refractivity contribution in [2.75, 3.05) is 43.2 Å². The molecule has 9 nitrogen and oxygen atoms in total. The van der Waals surface area contributed by atoms with Crippen LogP contribution in [0.3, 0.4) is 0 Å². The highest BCUT2D eigenvalue weighted by Gasteiger charge is 2.31. The summed E-state index contributed by atoms with van der Waals surface area (Å²) in [5, 5.41) is 18.1. The molecule has 9 heteroatoms. The highest BCUT2D eigenvalue weighted by atomic mass is 16.5. The first-order chi connectivity index (χ1) is 16.0. The highest BCUT2D eigenvalue weighted by molar-refractivity contribution is 5.72. The lowest BCUT2D eigenvalue weighted by molar-refractivity contribution is 0.205. The summed E-state index contributed by atoms with van der Waals surface area (Å²) in [7, 11) is 1.70. The van der Waals surface area contributed by atoms with Crippen LogP contribution < -0.4 is 9.80 Å². The molecule has 0 fully saturated rings. The number of hydrogen-bond acceptors (Lipinski definition) is 9. The van der Waals surface area contributed by atoms with Gasteiger partial charge >= 0.3 is 0 Å². The van der Waals surface area contributed by atoms with Gasteiger partial charge in [0.1, 0.15) is 6.04 Å². The third-order valence-electron chi connectivity index (χ3n) is 5.79. The first kappa shape index (κ1) is 23.1. The number of aliphatic hydroxyl groups excluding tert-OH is 1. The van der Waals surface area contributed by atoms with Crippen molar-refractivity contribution in [3.05, 3.63) is 47.8 Å². The second-order valence-corrected chi connectivity index (χ2v) is 8.74. The van der Waals surface area contributed by atoms with E-state index in [1.165, 1.54) is 0 Å². The molecule has 1 unspecified atom stereocenters. The molecule has 0 amide bonds. The van der Waals surface area contributed by atoms with Crippen LogP contribution >= 0.6 is 0 Å². The predicted octanol–water partition coefficient (Wildman–Crippen LogP) is 3.25. The van der Waals surface area contributed by atoms with Crippen molar-refractivity contribution in [2.24, 2.45) is 5.92 Å². The van der Waals surface area contributed by atoms with Gasteiger partial charge < -0.3 is 24.1 Å². The average Bonchev–Trinajstić information content (AvgIpc) is 3.29. The summed E-state index contributed by atoms with van der Waals surface area (Å²) >= 11 is 0. The lowest BCUT2D eigenvalue weighted by atomic mass is 10.1. The van der Waals surface area contributed by atoms with E-state index in [0.29, 0.717) is 30.1 Å². The van der Waals surface area contributed by atoms with E-state index in [1.54, 1.807) is 7.11 Å². The van der Waals surface area contributed by atoms with E-state index >= 15 is 0 Å². The molecule has 0 bridgehead atoms. The van der Waals surface area contributed by atoms with Crippen LogP contribution in [0.5, 0.6) is 0 Å². The molecule has 1 aliphatic rings. The summed E-state index contributed by atoms with van der Waals surface area (Å²) in [6, 6.07) is 7.56. The van der Waals surface area contributed by atoms with Gasteiger partial charge in [-0.1, -0.05) is 32.0 Å². The number of ether oxygens (including phenoxy) is 1. The Kier molecular flexibility index (Phi) is 7.20. The fourth-order valence-electron chi connectivity index (χ4n) is 4.03. The molecule has 0 saturated carbocycles. The van der Waals surface area contributed by atoms with E-state index in [1.807, 2.05) is 30.5 Å². The minimum atomic E-state index is -0.103. The molecule has 3 aromatic rings. The first-order valence-electron chi connectivity index (χ1n) is 11.4. The number of benzene rings is 1. The second kappa shape index (κ2) is 10.3. The molecule has 3 heterocycles. The molecule has 1 N–H and O–H groups in total. The summed E-state index contributed by atoms with van der Waals surface area (Å²) in [6.07, 6.45) is 2.63. The van der Waals surface area contributed by atoms with Gasteiger partial charge in [0.2, 0.25) is 11.8 Å². The molecule has 2 aromatic heterocycles. The van der Waals surface area contributed by atoms with Gasteiger partial charge in [-0.3, -0.25) is 0 Å². The lowest BCUT2D eigenvalue weighted by Gasteiger charge is -2.39. The first-order valence-corrected chi connectivity index (χ1v) is 11.4. The third kappa shape index (κ3) is 5.15. The smallest absolute Gasteiger partial charge is 0.238 e. The SMILES string of the molecule is COCCN1CCN(C(C)c2nnc(CC(C)C)o2)c2cnc(-c3cccc(CO)c3)nc21. The molecular weight excluding hydrogens is 420 g/mol. The van der Waals surface area contributed by atoms with Gasteiger partial charge in [-0.05, 0) is 24.5 Å². The third-order valence-corrected chi connectivity index (χ3v) is 5.79. The molecule has 4 rings (SSSR count). The number of fused-ring (bicyclic) bond motifs is 1. The van der Waals surface area contributed by atoms with Crippen molar-refractivity contribution in [1.29, 1.82) is 0 Å². The zero-order valence-corrected chi connectivity index (χ0v) is 19.7. The van der Waals surface area contributed by atoms with Crippen molar-refractivity contribution in [3.8, 4) is 11.4 Å². The molecule has 1 aromatic carbocycles. The van der Waals surface area contributed by atoms with E-state index < -0.39 is 0 Å². The molecule has 0 aliphatic carbocycles. The quantitative estimate of drug-likeness (QED) is 0.524. The number of aromatic nitrogens is 4. The summed E-state index contributed by atoms with van der Waals surface area (Å²) < 4.78 is 11.3. The summed E-state index contributed by atoms with van der Waals surface area (Å²) in [6.45, 7) is 9.23. The van der Waals surface area contributed by atoms with Crippen LogP contribution in [0.2, 0.25) is 0 Å². The molecule has 0 spiro atoms. The Morgan fingerprint density at radius 3 is 2.79 bits per heavy atom. The molecule has 176 valence electrons. The van der Waals surface area contributed by atoms with Crippen molar-refractivity contribution < 1.29 is 14.3 Å². The Morgan fingerprint density at radius 1 is 1.18 bits per heavy atom. The predicted molar refractivity (Wildman–Crippen MR) is 126 cm³/mol. The van der Waals surface area contributed by atoms with E-state index in [2.05, 4.69) is 45.8 Å². The highest BCUT2D eigenvalue weighted by Crippen LogP contribution is 2.37. The molecular formula is C24H32N6O3. The monoisotopic (exact) mass is 452 g/mol. The number of nitrogens with zero attached hydrogens (tertiary/aromatic N) is 6. The van der Waals surface area contributed by atoms with E-state index in [0.717, 1.165) is 48.7 Å². The van der Waals surface area contributed by atoms with Gasteiger partial charge in [0.25, 0.3) is 0 Å². The van der Waals surface area contributed by atoms with Gasteiger partial charge in [0.15, 0.2) is 11.6 Å². The second-order valence-electron chi connectivity index (χ2n) is 8.74. The van der Waals surface area contributed by atoms with Crippen LogP contribution in [0.15, 0.2) is 34.9 Å². The molecule has 1 atom stereocenters. The van der Waals surface area contributed by atoms with Crippen LogP contribution in [0.25, 0.3) is 11.4 Å². The summed E-state index contributed by atoms with van der Waals surface area (Å²) in [5.41, 5.74) is 2.63. The van der Waals surface area contributed by atoms with E-state index in [9.17, 15) is 5.11 Å². The standard InChI is InChI=1S/C24H32N6O3/c1-16(2)12-21-27-28-24(33-21)17(3)30-9-8-29(10-11-32-4)23-20(30)14-25-22(26-23)19-7-5-6-18(13-19)15-31/h5-7,13-14,16-17,31H,8-12,15H2,1-4H3. The van der Waals surface area contributed by atoms with Crippen molar-refractivity contribution in [1.82, 2.24) is 20.2 Å². The van der Waals surface area contributed by atoms with Gasteiger partial charge in [0, 0.05) is 38.7 Å². The summed E-state index contributed by atoms with van der Waals surface area (Å²) in [4.78, 5) is 14.0. The van der Waals surface area contributed by atoms with Crippen LogP contribution in [0.4, 0.5) is 11.5 Å². The van der Waals surface area contributed by atoms with Gasteiger partial charge in [-0.15, -0.1) is 10.2 Å². The lowest BCUT2D eigenvalue weighted by Crippen LogP contribution is -2.44. The minimum absolute atomic E-state index is 0.0208. The van der Waals surface area contributed by atoms with Gasteiger partial charge in [-0.25, -0.2) is 9.97 Å². The number of anilines is 2. The molecule has 0 radical (unpaired) electrons. The van der Waals surface area contributed by atoms with Crippen LogP contribution in [0, 0.1) is 5.92 Å². The number of methoxy groups -OCH3 is 1. The zero-order chi connectivity index (χ0) is 23.4. The fraction of sp³-hybridized carbons (Fsp3) is 0.500. The maximum Gasteiger partial charge on any atom is 0.238 e. The van der Waals surface area contributed by atoms with Crippen LogP contribution in [0.1, 0.15) is 44.2 Å². The summed E-state index contributed by atoms with van der Waals surface area (Å²) in [5.74, 6) is 3.20. The molecule has 0 saturated heterocycles. The van der Waals surface area contributed by atoms with Crippen molar-refractivity contribution in [3.63, 3.8) is 0 Å². The Hall–Kier alpha value is -3.04. The largest absolute Gasteiger partial charge is 0.423 e. The van der Waals surface area contributed by atoms with E-state index in [-0.39, 0.29) is 12.6 Å².